The molecule has 4 nitrogen and oxygen atoms in total. The second-order valence-electron chi connectivity index (χ2n) is 8.54. The van der Waals surface area contributed by atoms with Gasteiger partial charge in [0.1, 0.15) is 5.82 Å². The number of carbonyl (C=O) groups is 1. The summed E-state index contributed by atoms with van der Waals surface area (Å²) in [6.07, 6.45) is 1.02. The molecule has 0 unspecified atom stereocenters. The number of halogens is 1. The van der Waals surface area contributed by atoms with E-state index in [0.29, 0.717) is 17.6 Å². The molecule has 0 N–H and O–H groups in total. The van der Waals surface area contributed by atoms with E-state index >= 15 is 0 Å². The van der Waals surface area contributed by atoms with Crippen LogP contribution in [0.25, 0.3) is 0 Å². The summed E-state index contributed by atoms with van der Waals surface area (Å²) in [6, 6.07) is 12.8. The summed E-state index contributed by atoms with van der Waals surface area (Å²) in [7, 11) is -0.750. The second kappa shape index (κ2) is 6.71. The largest absolute Gasteiger partial charge is 0.497 e. The van der Waals surface area contributed by atoms with Crippen molar-refractivity contribution in [2.24, 2.45) is 0 Å². The third-order valence-corrected chi connectivity index (χ3v) is 6.12. The Kier molecular flexibility index (Phi) is 4.59. The summed E-state index contributed by atoms with van der Waals surface area (Å²) in [4.78, 5) is 14.5. The van der Waals surface area contributed by atoms with Gasteiger partial charge in [0.15, 0.2) is 0 Å². The first-order valence-corrected chi connectivity index (χ1v) is 9.70. The molecule has 146 valence electrons. The van der Waals surface area contributed by atoms with E-state index < -0.39 is 24.1 Å². The highest BCUT2D eigenvalue weighted by Gasteiger charge is 2.52. The molecule has 2 aromatic carbocycles. The van der Waals surface area contributed by atoms with Crippen LogP contribution < -0.4 is 10.4 Å². The molecular weight excluding hydrogens is 356 g/mol. The first-order valence-electron chi connectivity index (χ1n) is 9.70. The van der Waals surface area contributed by atoms with Crippen molar-refractivity contribution in [1.82, 2.24) is 0 Å². The van der Waals surface area contributed by atoms with Gasteiger partial charge in [0, 0.05) is 17.7 Å². The van der Waals surface area contributed by atoms with Crippen LogP contribution in [0.2, 0.25) is 0 Å². The number of nitrogens with zero attached hydrogens (tertiary/aromatic N) is 1. The van der Waals surface area contributed by atoms with E-state index in [1.165, 1.54) is 11.6 Å². The zero-order valence-corrected chi connectivity index (χ0v) is 16.8. The lowest BCUT2D eigenvalue weighted by molar-refractivity contribution is -0.117. The van der Waals surface area contributed by atoms with Crippen molar-refractivity contribution in [2.75, 3.05) is 11.4 Å². The first kappa shape index (κ1) is 19.2. The van der Waals surface area contributed by atoms with Gasteiger partial charge in [-0.05, 0) is 57.4 Å². The highest BCUT2D eigenvalue weighted by atomic mass is 19.1. The Bertz CT molecular complexity index is 912. The number of amides is 1. The molecule has 1 amide bonds. The molecular formula is C22H25BFNO3. The average Bonchev–Trinajstić information content (AvgIpc) is 3.13. The first-order chi connectivity index (χ1) is 13.2. The van der Waals surface area contributed by atoms with E-state index in [1.807, 2.05) is 52.0 Å². The van der Waals surface area contributed by atoms with E-state index in [-0.39, 0.29) is 12.3 Å². The summed E-state index contributed by atoms with van der Waals surface area (Å²) in [5, 5.41) is 0. The van der Waals surface area contributed by atoms with Crippen molar-refractivity contribution in [3.63, 3.8) is 0 Å². The molecule has 0 spiro atoms. The van der Waals surface area contributed by atoms with Gasteiger partial charge in [-0.1, -0.05) is 30.3 Å². The van der Waals surface area contributed by atoms with Crippen LogP contribution in [0.5, 0.6) is 0 Å². The molecule has 0 aromatic heterocycles. The van der Waals surface area contributed by atoms with Crippen LogP contribution in [0.15, 0.2) is 42.5 Å². The number of carbonyl (C=O) groups excluding carboxylic acids is 1. The third kappa shape index (κ3) is 3.25. The monoisotopic (exact) mass is 381 g/mol. The summed E-state index contributed by atoms with van der Waals surface area (Å²) in [5.74, 6) is -0.432. The lowest BCUT2D eigenvalue weighted by atomic mass is 9.78. The smallest absolute Gasteiger partial charge is 0.399 e. The van der Waals surface area contributed by atoms with Crippen LogP contribution in [0.3, 0.4) is 0 Å². The minimum absolute atomic E-state index is 0.0206. The van der Waals surface area contributed by atoms with E-state index in [2.05, 4.69) is 0 Å². The van der Waals surface area contributed by atoms with Crippen LogP contribution in [0.4, 0.5) is 10.1 Å². The van der Waals surface area contributed by atoms with Gasteiger partial charge >= 0.3 is 7.12 Å². The zero-order valence-electron chi connectivity index (χ0n) is 16.8. The van der Waals surface area contributed by atoms with Crippen LogP contribution >= 0.6 is 0 Å². The average molecular weight is 381 g/mol. The summed E-state index contributed by atoms with van der Waals surface area (Å²) >= 11 is 0. The number of benzene rings is 2. The van der Waals surface area contributed by atoms with Crippen molar-refractivity contribution in [3.05, 3.63) is 59.4 Å². The van der Waals surface area contributed by atoms with Crippen molar-refractivity contribution >= 4 is 24.2 Å². The van der Waals surface area contributed by atoms with Crippen molar-refractivity contribution in [1.29, 1.82) is 0 Å². The number of hydrogen-bond acceptors (Lipinski definition) is 3. The maximum Gasteiger partial charge on any atom is 0.497 e. The molecule has 0 radical (unpaired) electrons. The minimum atomic E-state index is -0.750. The minimum Gasteiger partial charge on any atom is -0.399 e. The Morgan fingerprint density at radius 3 is 2.46 bits per heavy atom. The molecule has 6 heteroatoms. The molecule has 2 aliphatic heterocycles. The Morgan fingerprint density at radius 2 is 1.79 bits per heavy atom. The van der Waals surface area contributed by atoms with Gasteiger partial charge in [0.05, 0.1) is 17.6 Å². The Hall–Kier alpha value is -2.18. The summed E-state index contributed by atoms with van der Waals surface area (Å²) < 4.78 is 26.7. The molecule has 1 fully saturated rings. The highest BCUT2D eigenvalue weighted by Crippen LogP contribution is 2.36. The predicted molar refractivity (Wildman–Crippen MR) is 108 cm³/mol. The Morgan fingerprint density at radius 1 is 1.11 bits per heavy atom. The fourth-order valence-electron chi connectivity index (χ4n) is 3.71. The molecule has 4 rings (SSSR count). The standard InChI is InChI=1S/C22H25BFNO3/c1-21(2)22(3,4)28-23(27-21)17-10-9-15(13-18(17)24)14-20(26)25-12-11-16-7-5-6-8-19(16)25/h5-10,13H,11-12,14H2,1-4H3. The van der Waals surface area contributed by atoms with Crippen molar-refractivity contribution < 1.29 is 18.5 Å². The van der Waals surface area contributed by atoms with Crippen LogP contribution in [-0.4, -0.2) is 30.8 Å². The molecule has 28 heavy (non-hydrogen) atoms. The number of hydrogen-bond donors (Lipinski definition) is 0. The maximum atomic E-state index is 14.8. The molecule has 0 bridgehead atoms. The van der Waals surface area contributed by atoms with Gasteiger partial charge in [-0.25, -0.2) is 4.39 Å². The number of fused-ring (bicyclic) bond motifs is 1. The van der Waals surface area contributed by atoms with Crippen molar-refractivity contribution in [3.8, 4) is 0 Å². The van der Waals surface area contributed by atoms with Gasteiger partial charge in [-0.2, -0.15) is 0 Å². The molecule has 0 aliphatic carbocycles. The number of anilines is 1. The lowest BCUT2D eigenvalue weighted by Gasteiger charge is -2.32. The van der Waals surface area contributed by atoms with Gasteiger partial charge in [0.25, 0.3) is 0 Å². The quantitative estimate of drug-likeness (QED) is 0.767. The Balaban J connectivity index is 1.49. The molecule has 0 atom stereocenters. The number of para-hydroxylation sites is 1. The predicted octanol–water partition coefficient (Wildman–Crippen LogP) is 3.26. The number of rotatable bonds is 3. The van der Waals surface area contributed by atoms with Crippen LogP contribution in [0, 0.1) is 5.82 Å². The van der Waals surface area contributed by atoms with Gasteiger partial charge in [0.2, 0.25) is 5.91 Å². The van der Waals surface area contributed by atoms with Crippen molar-refractivity contribution in [2.45, 2.75) is 51.7 Å². The van der Waals surface area contributed by atoms with E-state index in [0.717, 1.165) is 12.1 Å². The maximum absolute atomic E-state index is 14.8. The van der Waals surface area contributed by atoms with E-state index in [4.69, 9.17) is 9.31 Å². The molecule has 1 saturated heterocycles. The normalized spacial score (nSPS) is 19.8. The SMILES string of the molecule is CC1(C)OB(c2ccc(CC(=O)N3CCc4ccccc43)cc2F)OC1(C)C. The second-order valence-corrected chi connectivity index (χ2v) is 8.54. The fraction of sp³-hybridized carbons (Fsp3) is 0.409. The highest BCUT2D eigenvalue weighted by molar-refractivity contribution is 6.62. The summed E-state index contributed by atoms with van der Waals surface area (Å²) in [6.45, 7) is 8.42. The van der Waals surface area contributed by atoms with Gasteiger partial charge in [-0.3, -0.25) is 4.79 Å². The molecule has 2 aromatic rings. The van der Waals surface area contributed by atoms with Crippen LogP contribution in [-0.2, 0) is 26.9 Å². The fourth-order valence-corrected chi connectivity index (χ4v) is 3.71. The molecule has 0 saturated carbocycles. The zero-order chi connectivity index (χ0) is 20.1. The molecule has 2 heterocycles. The van der Waals surface area contributed by atoms with E-state index in [9.17, 15) is 9.18 Å². The van der Waals surface area contributed by atoms with E-state index in [1.54, 1.807) is 17.0 Å². The van der Waals surface area contributed by atoms with Crippen LogP contribution in [0.1, 0.15) is 38.8 Å². The topological polar surface area (TPSA) is 38.8 Å². The molecule has 2 aliphatic rings. The lowest BCUT2D eigenvalue weighted by Crippen LogP contribution is -2.41. The Labute approximate surface area is 165 Å². The van der Waals surface area contributed by atoms with Gasteiger partial charge < -0.3 is 14.2 Å². The van der Waals surface area contributed by atoms with Gasteiger partial charge in [-0.15, -0.1) is 0 Å². The third-order valence-electron chi connectivity index (χ3n) is 6.12. The summed E-state index contributed by atoms with van der Waals surface area (Å²) in [5.41, 5.74) is 2.09.